The summed E-state index contributed by atoms with van der Waals surface area (Å²) in [7, 11) is 1.63. The number of aromatic nitrogens is 3. The maximum Gasteiger partial charge on any atom is 0.230 e. The highest BCUT2D eigenvalue weighted by atomic mass is 16.5. The molecular formula is C24H26N4O4. The monoisotopic (exact) mass is 434 g/mol. The molecule has 0 unspecified atom stereocenters. The second-order valence-corrected chi connectivity index (χ2v) is 7.78. The van der Waals surface area contributed by atoms with E-state index in [1.165, 1.54) is 11.9 Å². The van der Waals surface area contributed by atoms with E-state index in [2.05, 4.69) is 26.8 Å². The van der Waals surface area contributed by atoms with E-state index in [0.717, 1.165) is 54.7 Å². The van der Waals surface area contributed by atoms with Crippen LogP contribution in [0, 0.1) is 6.92 Å². The number of methoxy groups -OCH3 is 1. The Hall–Kier alpha value is -3.36. The highest BCUT2D eigenvalue weighted by molar-refractivity contribution is 5.88. The molecule has 3 heterocycles. The number of nitrogens with one attached hydrogen (secondary N) is 1. The van der Waals surface area contributed by atoms with Crippen molar-refractivity contribution in [1.82, 2.24) is 19.9 Å². The molecule has 1 saturated heterocycles. The van der Waals surface area contributed by atoms with E-state index in [1.54, 1.807) is 7.11 Å². The van der Waals surface area contributed by atoms with E-state index < -0.39 is 0 Å². The first kappa shape index (κ1) is 20.5. The fourth-order valence-electron chi connectivity index (χ4n) is 3.92. The smallest absolute Gasteiger partial charge is 0.230 e. The number of aromatic amines is 1. The van der Waals surface area contributed by atoms with Crippen molar-refractivity contribution in [3.05, 3.63) is 48.4 Å². The molecule has 0 saturated carbocycles. The molecule has 0 amide bonds. The predicted octanol–water partition coefficient (Wildman–Crippen LogP) is 3.93. The minimum atomic E-state index is 0.473. The number of H-pyrrole nitrogens is 1. The third-order valence-electron chi connectivity index (χ3n) is 5.73. The third-order valence-corrected chi connectivity index (χ3v) is 5.73. The van der Waals surface area contributed by atoms with Gasteiger partial charge in [-0.3, -0.25) is 4.90 Å². The van der Waals surface area contributed by atoms with Gasteiger partial charge >= 0.3 is 0 Å². The Labute approximate surface area is 186 Å². The Morgan fingerprint density at radius 3 is 2.78 bits per heavy atom. The zero-order valence-corrected chi connectivity index (χ0v) is 18.3. The summed E-state index contributed by atoms with van der Waals surface area (Å²) in [5.41, 5.74) is 2.97. The molecule has 166 valence electrons. The van der Waals surface area contributed by atoms with Crippen molar-refractivity contribution in [2.45, 2.75) is 6.92 Å². The molecule has 8 nitrogen and oxygen atoms in total. The summed E-state index contributed by atoms with van der Waals surface area (Å²) in [6.45, 7) is 6.87. The molecule has 2 aromatic heterocycles. The van der Waals surface area contributed by atoms with Crippen molar-refractivity contribution in [1.29, 1.82) is 0 Å². The summed E-state index contributed by atoms with van der Waals surface area (Å²) in [5, 5.41) is 1.88. The average Bonchev–Trinajstić information content (AvgIpc) is 3.19. The van der Waals surface area contributed by atoms with Crippen LogP contribution < -0.4 is 14.2 Å². The van der Waals surface area contributed by atoms with Crippen molar-refractivity contribution in [3.63, 3.8) is 0 Å². The van der Waals surface area contributed by atoms with Crippen LogP contribution in [0.25, 0.3) is 21.8 Å². The van der Waals surface area contributed by atoms with Gasteiger partial charge in [-0.25, -0.2) is 9.97 Å². The highest BCUT2D eigenvalue weighted by Crippen LogP contribution is 2.36. The Balaban J connectivity index is 1.38. The van der Waals surface area contributed by atoms with Crippen molar-refractivity contribution < 1.29 is 18.9 Å². The fourth-order valence-corrected chi connectivity index (χ4v) is 3.92. The van der Waals surface area contributed by atoms with Crippen LogP contribution in [-0.4, -0.2) is 66.4 Å². The summed E-state index contributed by atoms with van der Waals surface area (Å²) in [6, 6.07) is 9.68. The molecule has 8 heteroatoms. The van der Waals surface area contributed by atoms with Crippen LogP contribution in [0.5, 0.6) is 23.1 Å². The molecule has 0 spiro atoms. The average molecular weight is 434 g/mol. The number of hydrogen-bond acceptors (Lipinski definition) is 7. The number of hydrogen-bond donors (Lipinski definition) is 1. The Kier molecular flexibility index (Phi) is 5.79. The lowest BCUT2D eigenvalue weighted by Crippen LogP contribution is -2.38. The van der Waals surface area contributed by atoms with Crippen LogP contribution >= 0.6 is 0 Å². The fraction of sp³-hybridized carbons (Fsp3) is 0.333. The summed E-state index contributed by atoms with van der Waals surface area (Å²) in [6.07, 6.45) is 3.49. The molecule has 1 fully saturated rings. The van der Waals surface area contributed by atoms with Crippen LogP contribution in [-0.2, 0) is 4.74 Å². The molecule has 32 heavy (non-hydrogen) atoms. The first-order valence-electron chi connectivity index (χ1n) is 10.7. The lowest BCUT2D eigenvalue weighted by atomic mass is 10.2. The summed E-state index contributed by atoms with van der Waals surface area (Å²) in [4.78, 5) is 14.4. The van der Waals surface area contributed by atoms with E-state index in [0.29, 0.717) is 29.7 Å². The third kappa shape index (κ3) is 4.19. The predicted molar refractivity (Wildman–Crippen MR) is 122 cm³/mol. The molecule has 5 rings (SSSR count). The summed E-state index contributed by atoms with van der Waals surface area (Å²) in [5.74, 6) is 2.46. The van der Waals surface area contributed by atoms with Gasteiger partial charge in [0.25, 0.3) is 0 Å². The summed E-state index contributed by atoms with van der Waals surface area (Å²) < 4.78 is 23.2. The first-order chi connectivity index (χ1) is 15.7. The lowest BCUT2D eigenvalue weighted by molar-refractivity contribution is 0.0321. The topological polar surface area (TPSA) is 81.7 Å². The van der Waals surface area contributed by atoms with Gasteiger partial charge in [0.15, 0.2) is 11.5 Å². The molecule has 2 aromatic carbocycles. The number of benzene rings is 2. The molecular weight excluding hydrogens is 408 g/mol. The van der Waals surface area contributed by atoms with E-state index in [1.807, 2.05) is 36.5 Å². The SMILES string of the molecule is COc1cc2c(Oc3ccc4[nH]cc(C)c4c3)ncnc2cc1OCCN1CCOCC1. The van der Waals surface area contributed by atoms with Gasteiger partial charge in [-0.2, -0.15) is 0 Å². The maximum absolute atomic E-state index is 6.14. The number of morpholine rings is 1. The van der Waals surface area contributed by atoms with Crippen molar-refractivity contribution in [2.75, 3.05) is 46.6 Å². The van der Waals surface area contributed by atoms with Crippen LogP contribution in [0.3, 0.4) is 0 Å². The molecule has 0 bridgehead atoms. The minimum Gasteiger partial charge on any atom is -0.493 e. The van der Waals surface area contributed by atoms with E-state index in [4.69, 9.17) is 18.9 Å². The van der Waals surface area contributed by atoms with Crippen molar-refractivity contribution in [3.8, 4) is 23.1 Å². The van der Waals surface area contributed by atoms with Crippen LogP contribution in [0.15, 0.2) is 42.9 Å². The van der Waals surface area contributed by atoms with E-state index in [9.17, 15) is 0 Å². The molecule has 0 radical (unpaired) electrons. The van der Waals surface area contributed by atoms with E-state index in [-0.39, 0.29) is 0 Å². The number of ether oxygens (including phenoxy) is 4. The number of aryl methyl sites for hydroxylation is 1. The van der Waals surface area contributed by atoms with Gasteiger partial charge in [-0.05, 0) is 36.8 Å². The lowest BCUT2D eigenvalue weighted by Gasteiger charge is -2.26. The second-order valence-electron chi connectivity index (χ2n) is 7.78. The van der Waals surface area contributed by atoms with Gasteiger partial charge in [0.2, 0.25) is 5.88 Å². The zero-order valence-electron chi connectivity index (χ0n) is 18.3. The molecule has 1 aliphatic heterocycles. The standard InChI is InChI=1S/C24H26N4O4/c1-16-14-25-20-4-3-17(11-18(16)20)32-24-19-12-22(29-2)23(13-21(19)26-15-27-24)31-10-7-28-5-8-30-9-6-28/h3-4,11-15,25H,5-10H2,1-2H3. The van der Waals surface area contributed by atoms with E-state index >= 15 is 0 Å². The van der Waals surface area contributed by atoms with Gasteiger partial charge in [0.05, 0.1) is 31.2 Å². The van der Waals surface area contributed by atoms with Crippen LogP contribution in [0.1, 0.15) is 5.56 Å². The quantitative estimate of drug-likeness (QED) is 0.472. The largest absolute Gasteiger partial charge is 0.493 e. The van der Waals surface area contributed by atoms with Gasteiger partial charge < -0.3 is 23.9 Å². The zero-order chi connectivity index (χ0) is 21.9. The Morgan fingerprint density at radius 2 is 1.94 bits per heavy atom. The van der Waals surface area contributed by atoms with Gasteiger partial charge in [0, 0.05) is 42.8 Å². The van der Waals surface area contributed by atoms with Crippen molar-refractivity contribution >= 4 is 21.8 Å². The Morgan fingerprint density at radius 1 is 1.06 bits per heavy atom. The van der Waals surface area contributed by atoms with Gasteiger partial charge in [-0.1, -0.05) is 0 Å². The maximum atomic E-state index is 6.14. The normalized spacial score (nSPS) is 14.7. The number of rotatable bonds is 7. The number of nitrogens with zero attached hydrogens (tertiary/aromatic N) is 3. The molecule has 1 N–H and O–H groups in total. The minimum absolute atomic E-state index is 0.473. The van der Waals surface area contributed by atoms with Crippen LogP contribution in [0.2, 0.25) is 0 Å². The second kappa shape index (κ2) is 9.02. The first-order valence-corrected chi connectivity index (χ1v) is 10.7. The molecule has 0 atom stereocenters. The highest BCUT2D eigenvalue weighted by Gasteiger charge is 2.15. The Bertz CT molecular complexity index is 1230. The van der Waals surface area contributed by atoms with Gasteiger partial charge in [0.1, 0.15) is 18.7 Å². The molecule has 4 aromatic rings. The van der Waals surface area contributed by atoms with Crippen LogP contribution in [0.4, 0.5) is 0 Å². The summed E-state index contributed by atoms with van der Waals surface area (Å²) >= 11 is 0. The molecule has 0 aliphatic carbocycles. The van der Waals surface area contributed by atoms with Gasteiger partial charge in [-0.15, -0.1) is 0 Å². The van der Waals surface area contributed by atoms with Crippen molar-refractivity contribution in [2.24, 2.45) is 0 Å². The molecule has 1 aliphatic rings. The number of fused-ring (bicyclic) bond motifs is 2.